The fourth-order valence-corrected chi connectivity index (χ4v) is 7.31. The minimum atomic E-state index is -0.240. The molecule has 1 aromatic heterocycles. The number of rotatable bonds is 4. The lowest BCUT2D eigenvalue weighted by Crippen LogP contribution is -2.23. The quantitative estimate of drug-likeness (QED) is 0.194. The van der Waals surface area contributed by atoms with Gasteiger partial charge < -0.3 is 4.57 Å². The van der Waals surface area contributed by atoms with Gasteiger partial charge >= 0.3 is 0 Å². The van der Waals surface area contributed by atoms with Crippen LogP contribution in [0, 0.1) is 19.8 Å². The van der Waals surface area contributed by atoms with E-state index in [9.17, 15) is 0 Å². The maximum atomic E-state index is 2.50. The zero-order chi connectivity index (χ0) is 31.3. The second kappa shape index (κ2) is 11.2. The molecule has 0 saturated heterocycles. The molecular formula is C44H41N. The first-order chi connectivity index (χ1) is 21.8. The Balaban J connectivity index is 1.55. The molecule has 45 heavy (non-hydrogen) atoms. The van der Waals surface area contributed by atoms with E-state index in [1.54, 1.807) is 0 Å². The van der Waals surface area contributed by atoms with Crippen molar-refractivity contribution >= 4 is 28.6 Å². The van der Waals surface area contributed by atoms with Gasteiger partial charge in [0.25, 0.3) is 0 Å². The zero-order valence-corrected chi connectivity index (χ0v) is 27.2. The van der Waals surface area contributed by atoms with Gasteiger partial charge in [-0.1, -0.05) is 137 Å². The van der Waals surface area contributed by atoms with E-state index >= 15 is 0 Å². The maximum Gasteiger partial charge on any atom is 0.0544 e. The number of hydrogen-bond donors (Lipinski definition) is 0. The van der Waals surface area contributed by atoms with Crippen LogP contribution in [-0.2, 0) is 5.41 Å². The van der Waals surface area contributed by atoms with Crippen LogP contribution in [0.2, 0.25) is 0 Å². The van der Waals surface area contributed by atoms with E-state index in [0.29, 0.717) is 5.92 Å². The van der Waals surface area contributed by atoms with Gasteiger partial charge in [0.05, 0.1) is 11.2 Å². The van der Waals surface area contributed by atoms with E-state index in [0.717, 1.165) is 0 Å². The van der Waals surface area contributed by atoms with Crippen LogP contribution in [-0.4, -0.2) is 4.57 Å². The molecule has 0 atom stereocenters. The molecule has 0 radical (unpaired) electrons. The molecule has 0 spiro atoms. The molecule has 0 unspecified atom stereocenters. The van der Waals surface area contributed by atoms with Crippen LogP contribution in [0.15, 0.2) is 121 Å². The van der Waals surface area contributed by atoms with E-state index in [-0.39, 0.29) is 5.41 Å². The van der Waals surface area contributed by atoms with Crippen LogP contribution in [0.3, 0.4) is 0 Å². The highest BCUT2D eigenvalue weighted by molar-refractivity contribution is 6.03. The minimum absolute atomic E-state index is 0.240. The number of aryl methyl sites for hydroxylation is 2. The Labute approximate surface area is 268 Å². The van der Waals surface area contributed by atoms with Crippen molar-refractivity contribution < 1.29 is 0 Å². The lowest BCUT2D eigenvalue weighted by Gasteiger charge is -2.34. The van der Waals surface area contributed by atoms with Gasteiger partial charge in [0.15, 0.2) is 0 Å². The number of benzene rings is 5. The monoisotopic (exact) mass is 583 g/mol. The fraction of sp³-hybridized carbons (Fsp3) is 0.182. The Morgan fingerprint density at radius 2 is 1.29 bits per heavy atom. The summed E-state index contributed by atoms with van der Waals surface area (Å²) in [4.78, 5) is 0. The Kier molecular flexibility index (Phi) is 7.21. The second-order valence-corrected chi connectivity index (χ2v) is 13.3. The van der Waals surface area contributed by atoms with Crippen LogP contribution in [0.25, 0.3) is 56.6 Å². The van der Waals surface area contributed by atoms with Crippen LogP contribution in [0.4, 0.5) is 0 Å². The molecule has 1 aliphatic carbocycles. The van der Waals surface area contributed by atoms with Crippen molar-refractivity contribution in [2.24, 2.45) is 5.92 Å². The predicted octanol–water partition coefficient (Wildman–Crippen LogP) is 12.1. The van der Waals surface area contributed by atoms with Crippen LogP contribution < -0.4 is 0 Å². The highest BCUT2D eigenvalue weighted by Crippen LogP contribution is 2.49. The van der Waals surface area contributed by atoms with Gasteiger partial charge in [-0.2, -0.15) is 0 Å². The summed E-state index contributed by atoms with van der Waals surface area (Å²) < 4.78 is 2.47. The Morgan fingerprint density at radius 3 is 2.02 bits per heavy atom. The molecule has 0 saturated carbocycles. The fourth-order valence-electron chi connectivity index (χ4n) is 7.31. The predicted molar refractivity (Wildman–Crippen MR) is 195 cm³/mol. The van der Waals surface area contributed by atoms with Gasteiger partial charge in [-0.25, -0.2) is 0 Å². The summed E-state index contributed by atoms with van der Waals surface area (Å²) in [6.07, 6.45) is 7.28. The van der Waals surface area contributed by atoms with Crippen LogP contribution in [0.1, 0.15) is 61.2 Å². The average Bonchev–Trinajstić information content (AvgIpc) is 3.36. The number of fused-ring (bicyclic) bond motifs is 4. The number of para-hydroxylation sites is 1. The third-order valence-electron chi connectivity index (χ3n) is 9.54. The Bertz CT molecular complexity index is 2100. The number of hydrogen-bond acceptors (Lipinski definition) is 0. The van der Waals surface area contributed by atoms with Crippen molar-refractivity contribution in [3.63, 3.8) is 0 Å². The molecule has 6 aromatic rings. The van der Waals surface area contributed by atoms with Crippen molar-refractivity contribution in [2.75, 3.05) is 0 Å². The second-order valence-electron chi connectivity index (χ2n) is 13.3. The highest BCUT2D eigenvalue weighted by Gasteiger charge is 2.35. The third kappa shape index (κ3) is 4.88. The maximum absolute atomic E-state index is 2.50. The molecule has 0 N–H and O–H groups in total. The van der Waals surface area contributed by atoms with E-state index in [1.807, 2.05) is 0 Å². The summed E-state index contributed by atoms with van der Waals surface area (Å²) >= 11 is 0. The van der Waals surface area contributed by atoms with Gasteiger partial charge in [0, 0.05) is 22.1 Å². The molecule has 1 nitrogen and oxygen atoms in total. The highest BCUT2D eigenvalue weighted by atomic mass is 15.0. The smallest absolute Gasteiger partial charge is 0.0544 e. The van der Waals surface area contributed by atoms with E-state index in [4.69, 9.17) is 0 Å². The topological polar surface area (TPSA) is 4.93 Å². The lowest BCUT2D eigenvalue weighted by atomic mass is 9.69. The summed E-state index contributed by atoms with van der Waals surface area (Å²) in [5.41, 5.74) is 16.5. The molecule has 0 amide bonds. The first-order valence-corrected chi connectivity index (χ1v) is 16.2. The number of aromatic nitrogens is 1. The summed E-state index contributed by atoms with van der Waals surface area (Å²) in [6.45, 7) is 13.9. The SMILES string of the molecule is Cc1ccccc1-c1c(C)ccc2c1/C=C\c1c(c3ccccc3n1-c1ccc(-c3ccccc3)cc1)/C(=C/C(C)C)C2(C)C. The number of allylic oxidation sites excluding steroid dienone is 2. The first-order valence-electron chi connectivity index (χ1n) is 16.2. The molecule has 5 aromatic carbocycles. The number of nitrogens with zero attached hydrogens (tertiary/aromatic N) is 1. The molecule has 222 valence electrons. The van der Waals surface area contributed by atoms with Gasteiger partial charge in [-0.05, 0) is 94.1 Å². The molecule has 7 rings (SSSR count). The first kappa shape index (κ1) is 28.9. The normalized spacial score (nSPS) is 15.5. The van der Waals surface area contributed by atoms with Crippen molar-refractivity contribution in [1.29, 1.82) is 0 Å². The van der Waals surface area contributed by atoms with Gasteiger partial charge in [0.1, 0.15) is 0 Å². The van der Waals surface area contributed by atoms with Crippen molar-refractivity contribution in [3.8, 4) is 27.9 Å². The standard InChI is InChI=1S/C44H41N/c1-29(2)28-39-43-37-18-12-13-19-40(37)45(34-23-21-33(22-24-34)32-15-8-7-9-16-32)41(43)27-25-36-38(44(39,5)6)26-20-31(4)42(36)35-17-11-10-14-30(35)3/h7-29H,1-6H3/b27-25-,39-28-. The lowest BCUT2D eigenvalue weighted by molar-refractivity contribution is 0.680. The minimum Gasteiger partial charge on any atom is -0.309 e. The van der Waals surface area contributed by atoms with Crippen molar-refractivity contribution in [3.05, 3.63) is 155 Å². The Hall–Kier alpha value is -4.88. The van der Waals surface area contributed by atoms with Gasteiger partial charge in [-0.15, -0.1) is 0 Å². The summed E-state index contributed by atoms with van der Waals surface area (Å²) in [7, 11) is 0. The van der Waals surface area contributed by atoms with E-state index in [2.05, 4.69) is 180 Å². The molecule has 0 bridgehead atoms. The summed E-state index contributed by atoms with van der Waals surface area (Å²) in [5.74, 6) is 0.396. The van der Waals surface area contributed by atoms with Gasteiger partial charge in [-0.3, -0.25) is 0 Å². The summed E-state index contributed by atoms with van der Waals surface area (Å²) in [6, 6.07) is 42.1. The van der Waals surface area contributed by atoms with Crippen LogP contribution >= 0.6 is 0 Å². The zero-order valence-electron chi connectivity index (χ0n) is 27.2. The molecular weight excluding hydrogens is 542 g/mol. The molecule has 0 aliphatic heterocycles. The average molecular weight is 584 g/mol. The molecule has 1 aliphatic rings. The molecule has 1 heterocycles. The largest absolute Gasteiger partial charge is 0.309 e. The third-order valence-corrected chi connectivity index (χ3v) is 9.54. The van der Waals surface area contributed by atoms with Crippen molar-refractivity contribution in [2.45, 2.75) is 47.0 Å². The van der Waals surface area contributed by atoms with Gasteiger partial charge in [0.2, 0.25) is 0 Å². The Morgan fingerprint density at radius 1 is 0.622 bits per heavy atom. The molecule has 0 fully saturated rings. The summed E-state index contributed by atoms with van der Waals surface area (Å²) in [5, 5.41) is 1.29. The van der Waals surface area contributed by atoms with E-state index < -0.39 is 0 Å². The van der Waals surface area contributed by atoms with Crippen LogP contribution in [0.5, 0.6) is 0 Å². The van der Waals surface area contributed by atoms with Crippen molar-refractivity contribution in [1.82, 2.24) is 4.57 Å². The molecule has 1 heteroatoms. The van der Waals surface area contributed by atoms with E-state index in [1.165, 1.54) is 77.9 Å².